The molecule has 1 radical (unpaired) electrons. The fourth-order valence-corrected chi connectivity index (χ4v) is 15.3. The van der Waals surface area contributed by atoms with Gasteiger partial charge in [-0.1, -0.05) is 246 Å². The van der Waals surface area contributed by atoms with Crippen LogP contribution in [0.3, 0.4) is 0 Å². The normalized spacial score (nSPS) is 11.5. The molecule has 8 heteroatoms. The van der Waals surface area contributed by atoms with Crippen LogP contribution in [0.5, 0.6) is 5.75 Å². The summed E-state index contributed by atoms with van der Waals surface area (Å²) in [5.74, 6) is 0.612. The van der Waals surface area contributed by atoms with Crippen LogP contribution in [0.15, 0.2) is 368 Å². The lowest BCUT2D eigenvalue weighted by Gasteiger charge is -2.11. The van der Waals surface area contributed by atoms with Gasteiger partial charge in [-0.15, -0.1) is 0 Å². The molecule has 0 aliphatic heterocycles. The summed E-state index contributed by atoms with van der Waals surface area (Å²) in [6, 6.07) is 130. The fourth-order valence-electron chi connectivity index (χ4n) is 14.9. The molecule has 4 aromatic heterocycles. The van der Waals surface area contributed by atoms with Crippen LogP contribution >= 0.6 is 15.9 Å². The number of rotatable bonds is 9. The van der Waals surface area contributed by atoms with E-state index in [4.69, 9.17) is 9.68 Å². The van der Waals surface area contributed by atoms with E-state index in [9.17, 15) is 0 Å². The number of hydrogen-bond donors (Lipinski definition) is 1. The van der Waals surface area contributed by atoms with Crippen molar-refractivity contribution in [3.05, 3.63) is 368 Å². The molecule has 4 heterocycles. The molecule has 471 valence electrons. The van der Waals surface area contributed by atoms with Crippen molar-refractivity contribution in [1.82, 2.24) is 18.3 Å². The Hall–Kier alpha value is -12.5. The monoisotopic (exact) mass is 1340 g/mol. The van der Waals surface area contributed by atoms with E-state index in [1.54, 1.807) is 0 Å². The van der Waals surface area contributed by atoms with E-state index < -0.39 is 0 Å². The first-order chi connectivity index (χ1) is 49.5. The quantitative estimate of drug-likeness (QED) is 0.146. The van der Waals surface area contributed by atoms with Gasteiger partial charge >= 0.3 is 7.69 Å². The summed E-state index contributed by atoms with van der Waals surface area (Å²) in [6.07, 6.45) is 0. The van der Waals surface area contributed by atoms with Gasteiger partial charge in [0, 0.05) is 70.3 Å². The predicted molar refractivity (Wildman–Crippen MR) is 424 cm³/mol. The number of para-hydroxylation sites is 4. The summed E-state index contributed by atoms with van der Waals surface area (Å²) < 4.78 is 15.7. The molecule has 1 N–H and O–H groups in total. The van der Waals surface area contributed by atoms with Crippen LogP contribution in [0, 0.1) is 0 Å². The zero-order valence-electron chi connectivity index (χ0n) is 54.2. The van der Waals surface area contributed by atoms with E-state index in [1.165, 1.54) is 132 Å². The molecule has 0 aliphatic rings. The van der Waals surface area contributed by atoms with Crippen molar-refractivity contribution in [1.29, 1.82) is 0 Å². The van der Waals surface area contributed by atoms with Crippen molar-refractivity contribution in [2.24, 2.45) is 0 Å². The predicted octanol–water partition coefficient (Wildman–Crippen LogP) is 24.4. The number of benzene rings is 16. The molecule has 20 aromatic rings. The van der Waals surface area contributed by atoms with Crippen LogP contribution in [-0.2, 0) is 0 Å². The van der Waals surface area contributed by atoms with Crippen LogP contribution < -0.4 is 4.65 Å². The Morgan fingerprint density at radius 1 is 0.220 bits per heavy atom. The Labute approximate surface area is 586 Å². The molecule has 0 atom stereocenters. The summed E-state index contributed by atoms with van der Waals surface area (Å²) >= 11 is 3.61. The Morgan fingerprint density at radius 3 is 0.940 bits per heavy atom. The summed E-state index contributed by atoms with van der Waals surface area (Å²) in [7, 11) is 0.712. The second-order valence-electron chi connectivity index (χ2n) is 25.3. The van der Waals surface area contributed by atoms with Gasteiger partial charge in [0.1, 0.15) is 5.75 Å². The lowest BCUT2D eigenvalue weighted by atomic mass is 10.0. The highest BCUT2D eigenvalue weighted by Gasteiger charge is 2.19. The molecule has 0 unspecified atom stereocenters. The minimum Gasteiger partial charge on any atom is -0.537 e. The van der Waals surface area contributed by atoms with Crippen LogP contribution in [0.2, 0.25) is 0 Å². The molecular weight excluding hydrogens is 1280 g/mol. The summed E-state index contributed by atoms with van der Waals surface area (Å²) in [5, 5.41) is 23.7. The maximum atomic E-state index is 8.94. The number of halogens is 1. The number of nitrogens with zero attached hydrogens (tertiary/aromatic N) is 4. The third-order valence-corrected chi connectivity index (χ3v) is 20.1. The Bertz CT molecular complexity index is 6490. The third kappa shape index (κ3) is 10.7. The van der Waals surface area contributed by atoms with E-state index in [2.05, 4.69) is 368 Å². The van der Waals surface area contributed by atoms with E-state index in [-0.39, 0.29) is 0 Å². The first kappa shape index (κ1) is 60.0. The smallest absolute Gasteiger partial charge is 0.537 e. The van der Waals surface area contributed by atoms with E-state index in [0.29, 0.717) is 13.4 Å². The molecule has 16 aromatic carbocycles. The second kappa shape index (κ2) is 25.5. The molecule has 100 heavy (non-hydrogen) atoms. The van der Waals surface area contributed by atoms with Crippen LogP contribution in [0.25, 0.3) is 165 Å². The largest absolute Gasteiger partial charge is 0.569 e. The van der Waals surface area contributed by atoms with Crippen molar-refractivity contribution in [2.75, 3.05) is 0 Å². The lowest BCUT2D eigenvalue weighted by molar-refractivity contribution is 0.454. The highest BCUT2D eigenvalue weighted by molar-refractivity contribution is 9.10. The maximum Gasteiger partial charge on any atom is 0.569 e. The molecule has 0 spiro atoms. The summed E-state index contributed by atoms with van der Waals surface area (Å²) in [5.41, 5.74) is 21.6. The lowest BCUT2D eigenvalue weighted by Crippen LogP contribution is -1.99. The van der Waals surface area contributed by atoms with Crippen LogP contribution in [0.1, 0.15) is 0 Å². The van der Waals surface area contributed by atoms with Gasteiger partial charge in [-0.3, -0.25) is 0 Å². The third-order valence-electron chi connectivity index (χ3n) is 19.6. The second-order valence-corrected chi connectivity index (χ2v) is 26.2. The SMILES string of the molecule is Brc1ccc2c(c1)c1ccccc1n2-c1ccc(-c2ccccc2)cc1.O[B]Oc1ccc2c(c1)c1ccccc1n2-c1ccc2ccccc2c1.c1ccc(-c2ccc(-n3c4ccccc4c4cc(-c5ccc6c(c5)c5ccccc5n6-c5ccc6ccccc6c5)ccc43)cc2)cc1. The van der Waals surface area contributed by atoms with Gasteiger partial charge in [0.15, 0.2) is 0 Å². The van der Waals surface area contributed by atoms with Gasteiger partial charge in [-0.05, 0) is 188 Å². The Morgan fingerprint density at radius 2 is 0.520 bits per heavy atom. The van der Waals surface area contributed by atoms with Crippen molar-refractivity contribution >= 4 is 132 Å². The minimum absolute atomic E-state index is 0.612. The first-order valence-corrected chi connectivity index (χ1v) is 34.5. The molecule has 0 saturated carbocycles. The van der Waals surface area contributed by atoms with Crippen LogP contribution in [-0.4, -0.2) is 31.0 Å². The average Bonchev–Trinajstić information content (AvgIpc) is 1.61. The van der Waals surface area contributed by atoms with Gasteiger partial charge in [-0.25, -0.2) is 0 Å². The number of hydrogen-bond acceptors (Lipinski definition) is 2. The number of fused-ring (bicyclic) bond motifs is 14. The molecule has 0 aliphatic carbocycles. The van der Waals surface area contributed by atoms with Crippen molar-refractivity contribution in [3.8, 4) is 61.9 Å². The number of aromatic nitrogens is 4. The average molecular weight is 1350 g/mol. The molecule has 0 fully saturated rings. The molecule has 0 amide bonds. The van der Waals surface area contributed by atoms with Gasteiger partial charge < -0.3 is 27.9 Å². The fraction of sp³-hybridized carbons (Fsp3) is 0. The maximum absolute atomic E-state index is 8.94. The zero-order chi connectivity index (χ0) is 66.6. The standard InChI is InChI=1S/C46H30N2.C24H16BrN.C22H15BNO2/c1-2-10-31(11-3-1)33-18-23-37(24-19-33)47-43-16-8-6-14-39(43)41-29-35(21-26-45(41)47)36-22-27-46-42(30-36)40-15-7-9-17-44(40)48(46)38-25-20-32-12-4-5-13-34(32)28-38;25-19-12-15-24-22(16-19)21-8-4-5-9-23(21)26(24)20-13-10-18(11-14-20)17-6-2-1-3-7-17;25-23-26-18-11-12-22-20(14-18)19-7-3-4-8-21(19)24(22)17-10-9-15-5-1-2-6-16(15)13-17/h1-30H;1-16H;1-14,25H. The zero-order valence-corrected chi connectivity index (χ0v) is 55.8. The van der Waals surface area contributed by atoms with Gasteiger partial charge in [-0.2, -0.15) is 0 Å². The molecule has 20 rings (SSSR count). The molecule has 0 bridgehead atoms. The summed E-state index contributed by atoms with van der Waals surface area (Å²) in [6.45, 7) is 0. The Balaban J connectivity index is 0.000000117. The van der Waals surface area contributed by atoms with Gasteiger partial charge in [0.25, 0.3) is 0 Å². The molecule has 6 nitrogen and oxygen atoms in total. The van der Waals surface area contributed by atoms with Crippen LogP contribution in [0.4, 0.5) is 0 Å². The highest BCUT2D eigenvalue weighted by Crippen LogP contribution is 2.41. The van der Waals surface area contributed by atoms with Gasteiger partial charge in [0.2, 0.25) is 0 Å². The van der Waals surface area contributed by atoms with E-state index in [1.807, 2.05) is 30.3 Å². The topological polar surface area (TPSA) is 49.2 Å². The van der Waals surface area contributed by atoms with Crippen molar-refractivity contribution < 1.29 is 9.68 Å². The molecule has 0 saturated heterocycles. The van der Waals surface area contributed by atoms with Crippen molar-refractivity contribution in [3.63, 3.8) is 0 Å². The highest BCUT2D eigenvalue weighted by atomic mass is 79.9. The van der Waals surface area contributed by atoms with Crippen molar-refractivity contribution in [2.45, 2.75) is 0 Å². The Kier molecular flexibility index (Phi) is 15.3. The summed E-state index contributed by atoms with van der Waals surface area (Å²) in [4.78, 5) is 0. The van der Waals surface area contributed by atoms with E-state index >= 15 is 0 Å². The molecular formula is C92H61BBrN4O2. The van der Waals surface area contributed by atoms with E-state index in [0.717, 1.165) is 37.7 Å². The minimum atomic E-state index is 0.612. The first-order valence-electron chi connectivity index (χ1n) is 33.7. The van der Waals surface area contributed by atoms with Gasteiger partial charge in [0.05, 0.1) is 44.1 Å².